The number of rotatable bonds is 0. The van der Waals surface area contributed by atoms with Crippen LogP contribution < -0.4 is 10.9 Å². The highest BCUT2D eigenvalue weighted by atomic mass is 15.3. The fraction of sp³-hybridized carbons (Fsp3) is 0.125. The molecule has 0 amide bonds. The maximum atomic E-state index is 4.16. The van der Waals surface area contributed by atoms with E-state index >= 15 is 0 Å². The molecule has 56 valence electrons. The van der Waals surface area contributed by atoms with E-state index in [1.54, 1.807) is 0 Å². The third kappa shape index (κ3) is 1.05. The highest BCUT2D eigenvalue weighted by molar-refractivity contribution is 5.67. The molecule has 0 saturated carbocycles. The second-order valence-corrected chi connectivity index (χ2v) is 2.52. The molecule has 0 aliphatic carbocycles. The van der Waals surface area contributed by atoms with Gasteiger partial charge in [0.25, 0.3) is 0 Å². The number of nitrogens with one attached hydrogen (secondary N) is 2. The van der Waals surface area contributed by atoms with E-state index in [-0.39, 0.29) is 0 Å². The van der Waals surface area contributed by atoms with E-state index in [2.05, 4.69) is 15.8 Å². The number of aromatic nitrogens is 1. The Kier molecular flexibility index (Phi) is 1.28. The molecule has 11 heavy (non-hydrogen) atoms. The molecule has 0 aromatic carbocycles. The van der Waals surface area contributed by atoms with Crippen molar-refractivity contribution in [1.82, 2.24) is 10.4 Å². The lowest BCUT2D eigenvalue weighted by atomic mass is 10.2. The summed E-state index contributed by atoms with van der Waals surface area (Å²) < 4.78 is 0. The SMILES string of the molecule is Cc1cc2c(cn1)NNC=C2. The molecule has 1 aliphatic rings. The lowest BCUT2D eigenvalue weighted by Gasteiger charge is -2.13. The van der Waals surface area contributed by atoms with Gasteiger partial charge in [-0.1, -0.05) is 0 Å². The molecule has 0 spiro atoms. The Morgan fingerprint density at radius 2 is 2.36 bits per heavy atom. The third-order valence-corrected chi connectivity index (χ3v) is 1.63. The van der Waals surface area contributed by atoms with E-state index < -0.39 is 0 Å². The molecule has 0 radical (unpaired) electrons. The molecule has 2 N–H and O–H groups in total. The van der Waals surface area contributed by atoms with Crippen LogP contribution in [0.25, 0.3) is 6.08 Å². The zero-order valence-electron chi connectivity index (χ0n) is 6.26. The maximum absolute atomic E-state index is 4.16. The second-order valence-electron chi connectivity index (χ2n) is 2.52. The van der Waals surface area contributed by atoms with E-state index in [9.17, 15) is 0 Å². The molecule has 0 saturated heterocycles. The van der Waals surface area contributed by atoms with E-state index in [0.717, 1.165) is 11.4 Å². The summed E-state index contributed by atoms with van der Waals surface area (Å²) in [6.07, 6.45) is 5.70. The standard InChI is InChI=1S/C8H9N3/c1-6-4-7-2-3-10-11-8(7)5-9-6/h2-5,10-11H,1H3. The summed E-state index contributed by atoms with van der Waals surface area (Å²) in [7, 11) is 0. The molecular weight excluding hydrogens is 138 g/mol. The molecule has 3 heteroatoms. The first-order valence-corrected chi connectivity index (χ1v) is 3.51. The Bertz CT molecular complexity index is 304. The fourth-order valence-electron chi connectivity index (χ4n) is 1.07. The van der Waals surface area contributed by atoms with Crippen LogP contribution in [0.5, 0.6) is 0 Å². The molecule has 2 rings (SSSR count). The molecule has 0 atom stereocenters. The van der Waals surface area contributed by atoms with Gasteiger partial charge in [0.1, 0.15) is 0 Å². The highest BCUT2D eigenvalue weighted by Gasteiger charge is 2.01. The molecule has 0 bridgehead atoms. The molecule has 0 unspecified atom stereocenters. The minimum absolute atomic E-state index is 1.03. The number of fused-ring (bicyclic) bond motifs is 1. The lowest BCUT2D eigenvalue weighted by Crippen LogP contribution is -2.18. The molecule has 2 heterocycles. The highest BCUT2D eigenvalue weighted by Crippen LogP contribution is 2.17. The van der Waals surface area contributed by atoms with Crippen LogP contribution in [0.2, 0.25) is 0 Å². The minimum atomic E-state index is 1.03. The van der Waals surface area contributed by atoms with Crippen molar-refractivity contribution < 1.29 is 0 Å². The fourth-order valence-corrected chi connectivity index (χ4v) is 1.07. The number of anilines is 1. The van der Waals surface area contributed by atoms with E-state index in [0.29, 0.717) is 0 Å². The van der Waals surface area contributed by atoms with Crippen LogP contribution in [-0.4, -0.2) is 4.98 Å². The Balaban J connectivity index is 2.54. The molecular formula is C8H9N3. The number of hydrazine groups is 1. The molecule has 1 aliphatic heterocycles. The topological polar surface area (TPSA) is 37.0 Å². The Hall–Kier alpha value is -1.51. The van der Waals surface area contributed by atoms with E-state index in [4.69, 9.17) is 0 Å². The lowest BCUT2D eigenvalue weighted by molar-refractivity contribution is 1.03. The molecule has 1 aromatic heterocycles. The van der Waals surface area contributed by atoms with Crippen molar-refractivity contribution in [2.45, 2.75) is 6.92 Å². The maximum Gasteiger partial charge on any atom is 0.0795 e. The molecule has 0 fully saturated rings. The Morgan fingerprint density at radius 3 is 3.27 bits per heavy atom. The Morgan fingerprint density at radius 1 is 1.45 bits per heavy atom. The van der Waals surface area contributed by atoms with Gasteiger partial charge in [-0.2, -0.15) is 0 Å². The van der Waals surface area contributed by atoms with E-state index in [1.807, 2.05) is 31.5 Å². The van der Waals surface area contributed by atoms with Crippen molar-refractivity contribution >= 4 is 11.8 Å². The summed E-state index contributed by atoms with van der Waals surface area (Å²) in [6, 6.07) is 2.04. The first-order valence-electron chi connectivity index (χ1n) is 3.51. The van der Waals surface area contributed by atoms with Gasteiger partial charge in [-0.3, -0.25) is 10.4 Å². The summed E-state index contributed by atoms with van der Waals surface area (Å²) >= 11 is 0. The Labute approximate surface area is 65.1 Å². The van der Waals surface area contributed by atoms with Crippen LogP contribution in [0.4, 0.5) is 5.69 Å². The smallest absolute Gasteiger partial charge is 0.0795 e. The van der Waals surface area contributed by atoms with Crippen molar-refractivity contribution in [3.05, 3.63) is 29.7 Å². The van der Waals surface area contributed by atoms with Gasteiger partial charge in [0, 0.05) is 17.5 Å². The predicted octanol–water partition coefficient (Wildman–Crippen LogP) is 1.29. The molecule has 3 nitrogen and oxygen atoms in total. The quantitative estimate of drug-likeness (QED) is 0.580. The summed E-state index contributed by atoms with van der Waals surface area (Å²) in [5.74, 6) is 0. The van der Waals surface area contributed by atoms with Crippen LogP contribution in [0.1, 0.15) is 11.3 Å². The molecule has 1 aromatic rings. The summed E-state index contributed by atoms with van der Waals surface area (Å²) in [5, 5.41) is 0. The van der Waals surface area contributed by atoms with Gasteiger partial charge in [0.15, 0.2) is 0 Å². The van der Waals surface area contributed by atoms with Gasteiger partial charge in [-0.15, -0.1) is 0 Å². The van der Waals surface area contributed by atoms with Crippen LogP contribution in [-0.2, 0) is 0 Å². The monoisotopic (exact) mass is 147 g/mol. The third-order valence-electron chi connectivity index (χ3n) is 1.63. The minimum Gasteiger partial charge on any atom is -0.308 e. The van der Waals surface area contributed by atoms with Crippen LogP contribution in [0.3, 0.4) is 0 Å². The van der Waals surface area contributed by atoms with Crippen LogP contribution in [0, 0.1) is 6.92 Å². The zero-order chi connectivity index (χ0) is 7.68. The number of nitrogens with zero attached hydrogens (tertiary/aromatic N) is 1. The van der Waals surface area contributed by atoms with Gasteiger partial charge < -0.3 is 5.43 Å². The van der Waals surface area contributed by atoms with Crippen molar-refractivity contribution in [2.75, 3.05) is 5.43 Å². The van der Waals surface area contributed by atoms with Crippen molar-refractivity contribution in [3.8, 4) is 0 Å². The van der Waals surface area contributed by atoms with Gasteiger partial charge in [-0.05, 0) is 19.1 Å². The average molecular weight is 147 g/mol. The largest absolute Gasteiger partial charge is 0.308 e. The van der Waals surface area contributed by atoms with Crippen LogP contribution >= 0.6 is 0 Å². The van der Waals surface area contributed by atoms with Gasteiger partial charge in [0.2, 0.25) is 0 Å². The van der Waals surface area contributed by atoms with Crippen molar-refractivity contribution in [2.24, 2.45) is 0 Å². The summed E-state index contributed by atoms with van der Waals surface area (Å²) in [6.45, 7) is 1.98. The van der Waals surface area contributed by atoms with Gasteiger partial charge in [0.05, 0.1) is 11.9 Å². The van der Waals surface area contributed by atoms with Crippen LogP contribution in [0.15, 0.2) is 18.5 Å². The number of aryl methyl sites for hydroxylation is 1. The number of hydrogen-bond donors (Lipinski definition) is 2. The number of hydrogen-bond acceptors (Lipinski definition) is 3. The number of pyridine rings is 1. The van der Waals surface area contributed by atoms with Crippen molar-refractivity contribution in [3.63, 3.8) is 0 Å². The average Bonchev–Trinajstić information content (AvgIpc) is 2.04. The predicted molar refractivity (Wildman–Crippen MR) is 44.8 cm³/mol. The second kappa shape index (κ2) is 2.27. The first-order chi connectivity index (χ1) is 5.36. The summed E-state index contributed by atoms with van der Waals surface area (Å²) in [4.78, 5) is 4.16. The first kappa shape index (κ1) is 6.22. The van der Waals surface area contributed by atoms with Gasteiger partial charge >= 0.3 is 0 Å². The normalized spacial score (nSPS) is 13.2. The van der Waals surface area contributed by atoms with Gasteiger partial charge in [-0.25, -0.2) is 0 Å². The zero-order valence-corrected chi connectivity index (χ0v) is 6.26. The van der Waals surface area contributed by atoms with E-state index in [1.165, 1.54) is 5.56 Å². The summed E-state index contributed by atoms with van der Waals surface area (Å²) in [5.41, 5.74) is 9.12. The van der Waals surface area contributed by atoms with Crippen molar-refractivity contribution in [1.29, 1.82) is 0 Å².